The third-order valence-electron chi connectivity index (χ3n) is 4.46. The van der Waals surface area contributed by atoms with Crippen LogP contribution in [0.5, 0.6) is 11.5 Å². The molecule has 0 amide bonds. The number of aromatic nitrogens is 4. The summed E-state index contributed by atoms with van der Waals surface area (Å²) >= 11 is 5.99. The van der Waals surface area contributed by atoms with Gasteiger partial charge in [0.15, 0.2) is 5.82 Å². The van der Waals surface area contributed by atoms with E-state index in [4.69, 9.17) is 20.8 Å². The molecule has 0 saturated carbocycles. The first kappa shape index (κ1) is 18.3. The number of hydrogen-bond acceptors (Lipinski definition) is 5. The zero-order valence-electron chi connectivity index (χ0n) is 15.1. The van der Waals surface area contributed by atoms with Gasteiger partial charge in [0.1, 0.15) is 28.7 Å². The van der Waals surface area contributed by atoms with Gasteiger partial charge in [-0.15, -0.1) is 5.10 Å². The quantitative estimate of drug-likeness (QED) is 0.365. The normalized spacial score (nSPS) is 11.2. The third-order valence-corrected chi connectivity index (χ3v) is 4.75. The van der Waals surface area contributed by atoms with Crippen LogP contribution in [-0.2, 0) is 0 Å². The molecule has 5 aromatic rings. The largest absolute Gasteiger partial charge is 0.464 e. The summed E-state index contributed by atoms with van der Waals surface area (Å²) in [4.78, 5) is 0. The van der Waals surface area contributed by atoms with Crippen molar-refractivity contribution < 1.29 is 17.9 Å². The van der Waals surface area contributed by atoms with Crippen molar-refractivity contribution in [3.8, 4) is 28.6 Å². The van der Waals surface area contributed by atoms with Gasteiger partial charge in [-0.3, -0.25) is 0 Å². The first-order valence-electron chi connectivity index (χ1n) is 8.77. The Morgan fingerprint density at radius 1 is 0.967 bits per heavy atom. The lowest BCUT2D eigenvalue weighted by molar-refractivity contribution is 0.480. The fourth-order valence-corrected chi connectivity index (χ4v) is 3.23. The molecule has 6 nitrogen and oxygen atoms in total. The second-order valence-electron chi connectivity index (χ2n) is 6.38. The molecule has 2 aromatic heterocycles. The monoisotopic (exact) mass is 424 g/mol. The van der Waals surface area contributed by atoms with Gasteiger partial charge in [-0.1, -0.05) is 11.6 Å². The Morgan fingerprint density at radius 3 is 2.60 bits per heavy atom. The Labute approximate surface area is 173 Å². The van der Waals surface area contributed by atoms with Crippen LogP contribution in [0.4, 0.5) is 8.78 Å². The number of fused-ring (bicyclic) bond motifs is 1. The van der Waals surface area contributed by atoms with E-state index in [2.05, 4.69) is 15.5 Å². The number of tetrazole rings is 1. The van der Waals surface area contributed by atoms with Crippen molar-refractivity contribution in [1.82, 2.24) is 20.2 Å². The number of halogens is 3. The second-order valence-corrected chi connectivity index (χ2v) is 6.78. The average molecular weight is 425 g/mol. The molecule has 9 heteroatoms. The van der Waals surface area contributed by atoms with Gasteiger partial charge in [-0.2, -0.15) is 4.68 Å². The molecule has 0 spiro atoms. The predicted octanol–water partition coefficient (Wildman–Crippen LogP) is 5.80. The van der Waals surface area contributed by atoms with Crippen LogP contribution in [0.3, 0.4) is 0 Å². The Morgan fingerprint density at radius 2 is 1.80 bits per heavy atom. The highest BCUT2D eigenvalue weighted by Gasteiger charge is 2.17. The van der Waals surface area contributed by atoms with E-state index in [1.807, 2.05) is 0 Å². The van der Waals surface area contributed by atoms with E-state index < -0.39 is 11.6 Å². The van der Waals surface area contributed by atoms with Crippen LogP contribution >= 0.6 is 11.6 Å². The Balaban J connectivity index is 1.47. The minimum Gasteiger partial charge on any atom is -0.464 e. The number of benzene rings is 3. The standard InChI is InChI=1S/C21H11ClF2N4O2/c22-17-10-13(23)1-6-19(17)30-15-4-2-14(3-5-15)28-21(25-26-27-28)16-11-20-12(7-8-29-20)9-18(16)24/h1-11H. The molecular weight excluding hydrogens is 414 g/mol. The molecule has 0 saturated heterocycles. The van der Waals surface area contributed by atoms with E-state index in [0.29, 0.717) is 28.2 Å². The van der Waals surface area contributed by atoms with Crippen LogP contribution in [0, 0.1) is 11.6 Å². The van der Waals surface area contributed by atoms with E-state index in [1.54, 1.807) is 36.4 Å². The summed E-state index contributed by atoms with van der Waals surface area (Å²) in [6, 6.07) is 15.2. The highest BCUT2D eigenvalue weighted by molar-refractivity contribution is 6.32. The summed E-state index contributed by atoms with van der Waals surface area (Å²) < 4.78 is 40.2. The number of rotatable bonds is 4. The summed E-state index contributed by atoms with van der Waals surface area (Å²) in [6.07, 6.45) is 1.49. The minimum atomic E-state index is -0.467. The maximum absolute atomic E-state index is 14.6. The van der Waals surface area contributed by atoms with Crippen molar-refractivity contribution in [2.45, 2.75) is 0 Å². The molecule has 0 aliphatic rings. The van der Waals surface area contributed by atoms with Gasteiger partial charge in [-0.25, -0.2) is 8.78 Å². The van der Waals surface area contributed by atoms with E-state index in [1.165, 1.54) is 35.2 Å². The predicted molar refractivity (Wildman–Crippen MR) is 106 cm³/mol. The fourth-order valence-electron chi connectivity index (χ4n) is 3.02. The van der Waals surface area contributed by atoms with Crippen molar-refractivity contribution in [2.24, 2.45) is 0 Å². The first-order chi connectivity index (χ1) is 14.6. The molecule has 0 N–H and O–H groups in total. The van der Waals surface area contributed by atoms with E-state index in [9.17, 15) is 8.78 Å². The molecule has 0 bridgehead atoms. The van der Waals surface area contributed by atoms with E-state index in [0.717, 1.165) is 0 Å². The van der Waals surface area contributed by atoms with Gasteiger partial charge in [0.25, 0.3) is 0 Å². The van der Waals surface area contributed by atoms with Gasteiger partial charge >= 0.3 is 0 Å². The lowest BCUT2D eigenvalue weighted by Gasteiger charge is -2.09. The van der Waals surface area contributed by atoms with Crippen molar-refractivity contribution in [3.05, 3.63) is 83.6 Å². The minimum absolute atomic E-state index is 0.158. The number of nitrogens with zero attached hydrogens (tertiary/aromatic N) is 4. The number of ether oxygens (including phenoxy) is 1. The molecule has 2 heterocycles. The molecule has 0 aliphatic carbocycles. The van der Waals surface area contributed by atoms with Crippen LogP contribution in [-0.4, -0.2) is 20.2 Å². The number of hydrogen-bond donors (Lipinski definition) is 0. The van der Waals surface area contributed by atoms with Gasteiger partial charge in [0.2, 0.25) is 0 Å². The molecule has 0 unspecified atom stereocenters. The smallest absolute Gasteiger partial charge is 0.190 e. The summed E-state index contributed by atoms with van der Waals surface area (Å²) in [7, 11) is 0. The van der Waals surface area contributed by atoms with Gasteiger partial charge < -0.3 is 9.15 Å². The molecule has 0 aliphatic heterocycles. The molecule has 148 valence electrons. The molecule has 0 fully saturated rings. The Kier molecular flexibility index (Phi) is 4.40. The summed E-state index contributed by atoms with van der Waals surface area (Å²) in [5, 5.41) is 12.4. The maximum Gasteiger partial charge on any atom is 0.190 e. The summed E-state index contributed by atoms with van der Waals surface area (Å²) in [5.41, 5.74) is 1.33. The highest BCUT2D eigenvalue weighted by Crippen LogP contribution is 2.31. The zero-order valence-corrected chi connectivity index (χ0v) is 15.8. The lowest BCUT2D eigenvalue weighted by atomic mass is 10.1. The van der Waals surface area contributed by atoms with Crippen LogP contribution in [0.2, 0.25) is 5.02 Å². The highest BCUT2D eigenvalue weighted by atomic mass is 35.5. The zero-order chi connectivity index (χ0) is 20.7. The van der Waals surface area contributed by atoms with E-state index >= 15 is 0 Å². The van der Waals surface area contributed by atoms with E-state index in [-0.39, 0.29) is 16.4 Å². The fraction of sp³-hybridized carbons (Fsp3) is 0. The lowest BCUT2D eigenvalue weighted by Crippen LogP contribution is -2.01. The van der Waals surface area contributed by atoms with Crippen molar-refractivity contribution in [2.75, 3.05) is 0 Å². The third kappa shape index (κ3) is 3.27. The molecule has 30 heavy (non-hydrogen) atoms. The van der Waals surface area contributed by atoms with Crippen molar-refractivity contribution in [1.29, 1.82) is 0 Å². The molecular formula is C21H11ClF2N4O2. The second kappa shape index (κ2) is 7.23. The van der Waals surface area contributed by atoms with Gasteiger partial charge in [0.05, 0.1) is 22.5 Å². The molecule has 0 radical (unpaired) electrons. The maximum atomic E-state index is 14.6. The van der Waals surface area contributed by atoms with Gasteiger partial charge in [-0.05, 0) is 71.1 Å². The topological polar surface area (TPSA) is 66.0 Å². The molecule has 5 rings (SSSR count). The number of furan rings is 1. The Hall–Kier alpha value is -3.78. The first-order valence-corrected chi connectivity index (χ1v) is 9.15. The Bertz CT molecular complexity index is 1370. The molecule has 3 aromatic carbocycles. The van der Waals surface area contributed by atoms with Crippen molar-refractivity contribution >= 4 is 22.6 Å². The van der Waals surface area contributed by atoms with Crippen LogP contribution in [0.15, 0.2) is 71.3 Å². The average Bonchev–Trinajstić information content (AvgIpc) is 3.39. The molecule has 0 atom stereocenters. The summed E-state index contributed by atoms with van der Waals surface area (Å²) in [6.45, 7) is 0. The van der Waals surface area contributed by atoms with Gasteiger partial charge in [0, 0.05) is 5.39 Å². The van der Waals surface area contributed by atoms with Crippen LogP contribution in [0.25, 0.3) is 28.0 Å². The van der Waals surface area contributed by atoms with Crippen molar-refractivity contribution in [3.63, 3.8) is 0 Å². The van der Waals surface area contributed by atoms with Crippen LogP contribution < -0.4 is 4.74 Å². The summed E-state index contributed by atoms with van der Waals surface area (Å²) in [5.74, 6) is 0.105. The SMILES string of the molecule is Fc1ccc(Oc2ccc(-n3nnnc3-c3cc4occc4cc3F)cc2)c(Cl)c1. The van der Waals surface area contributed by atoms with Crippen LogP contribution in [0.1, 0.15) is 0 Å².